The fourth-order valence-corrected chi connectivity index (χ4v) is 1.12. The predicted molar refractivity (Wildman–Crippen MR) is 52.8 cm³/mol. The number of rotatable bonds is 3. The molecule has 1 aromatic heterocycles. The first-order valence-electron chi connectivity index (χ1n) is 4.47. The van der Waals surface area contributed by atoms with Crippen molar-refractivity contribution in [2.75, 3.05) is 0 Å². The Hall–Kier alpha value is -1.11. The second-order valence-electron chi connectivity index (χ2n) is 2.76. The summed E-state index contributed by atoms with van der Waals surface area (Å²) in [7, 11) is 0. The first-order chi connectivity index (χ1) is 5.86. The van der Waals surface area contributed by atoms with Crippen LogP contribution in [0.1, 0.15) is 32.4 Å². The largest absolute Gasteiger partial charge is 0.257 e. The van der Waals surface area contributed by atoms with Crippen molar-refractivity contribution in [3.63, 3.8) is 0 Å². The summed E-state index contributed by atoms with van der Waals surface area (Å²) in [5.41, 5.74) is 2.52. The summed E-state index contributed by atoms with van der Waals surface area (Å²) in [6.07, 6.45) is 6.23. The van der Waals surface area contributed by atoms with Gasteiger partial charge in [-0.25, -0.2) is 0 Å². The number of hydrogen-bond donors (Lipinski definition) is 0. The van der Waals surface area contributed by atoms with E-state index in [2.05, 4.69) is 24.9 Å². The SMILES string of the molecule is CCC(=Cc1ccccn1)CC. The molecular formula is C11H15N. The van der Waals surface area contributed by atoms with Gasteiger partial charge in [0.1, 0.15) is 0 Å². The van der Waals surface area contributed by atoms with E-state index in [-0.39, 0.29) is 0 Å². The molecule has 64 valence electrons. The Morgan fingerprint density at radius 2 is 2.08 bits per heavy atom. The van der Waals surface area contributed by atoms with E-state index in [1.807, 2.05) is 24.4 Å². The van der Waals surface area contributed by atoms with Crippen LogP contribution in [0, 0.1) is 0 Å². The molecule has 0 saturated carbocycles. The third kappa shape index (κ3) is 2.50. The van der Waals surface area contributed by atoms with E-state index in [0.717, 1.165) is 18.5 Å². The van der Waals surface area contributed by atoms with Crippen LogP contribution in [0.2, 0.25) is 0 Å². The third-order valence-electron chi connectivity index (χ3n) is 1.95. The fraction of sp³-hybridized carbons (Fsp3) is 0.364. The average molecular weight is 161 g/mol. The second kappa shape index (κ2) is 4.70. The molecule has 0 aliphatic carbocycles. The molecule has 1 aromatic rings. The summed E-state index contributed by atoms with van der Waals surface area (Å²) in [5, 5.41) is 0. The van der Waals surface area contributed by atoms with Gasteiger partial charge < -0.3 is 0 Å². The van der Waals surface area contributed by atoms with Crippen LogP contribution < -0.4 is 0 Å². The van der Waals surface area contributed by atoms with Crippen molar-refractivity contribution < 1.29 is 0 Å². The minimum absolute atomic E-state index is 1.07. The standard InChI is InChI=1S/C11H15N/c1-3-10(4-2)9-11-7-5-6-8-12-11/h5-9H,3-4H2,1-2H3. The first-order valence-corrected chi connectivity index (χ1v) is 4.47. The monoisotopic (exact) mass is 161 g/mol. The number of hydrogen-bond acceptors (Lipinski definition) is 1. The molecule has 1 heteroatoms. The summed E-state index contributed by atoms with van der Waals surface area (Å²) in [5.74, 6) is 0. The van der Waals surface area contributed by atoms with E-state index < -0.39 is 0 Å². The maximum absolute atomic E-state index is 4.24. The Kier molecular flexibility index (Phi) is 3.52. The van der Waals surface area contributed by atoms with Crippen LogP contribution in [-0.4, -0.2) is 4.98 Å². The second-order valence-corrected chi connectivity index (χ2v) is 2.76. The minimum Gasteiger partial charge on any atom is -0.257 e. The van der Waals surface area contributed by atoms with Gasteiger partial charge in [0.25, 0.3) is 0 Å². The molecule has 0 fully saturated rings. The lowest BCUT2D eigenvalue weighted by Crippen LogP contribution is -1.81. The van der Waals surface area contributed by atoms with E-state index in [1.165, 1.54) is 5.57 Å². The zero-order valence-electron chi connectivity index (χ0n) is 7.75. The molecule has 0 spiro atoms. The van der Waals surface area contributed by atoms with Gasteiger partial charge in [0.15, 0.2) is 0 Å². The molecule has 0 aliphatic heterocycles. The van der Waals surface area contributed by atoms with E-state index >= 15 is 0 Å². The molecule has 1 heterocycles. The molecule has 0 bridgehead atoms. The van der Waals surface area contributed by atoms with Crippen LogP contribution >= 0.6 is 0 Å². The summed E-state index contributed by atoms with van der Waals surface area (Å²) in [6.45, 7) is 4.36. The van der Waals surface area contributed by atoms with Crippen LogP contribution in [0.3, 0.4) is 0 Å². The summed E-state index contributed by atoms with van der Waals surface area (Å²) >= 11 is 0. The third-order valence-corrected chi connectivity index (χ3v) is 1.95. The maximum atomic E-state index is 4.24. The van der Waals surface area contributed by atoms with Gasteiger partial charge in [-0.1, -0.05) is 25.5 Å². The van der Waals surface area contributed by atoms with Gasteiger partial charge in [-0.15, -0.1) is 0 Å². The first kappa shape index (κ1) is 8.98. The molecule has 0 radical (unpaired) electrons. The highest BCUT2D eigenvalue weighted by Gasteiger charge is 1.91. The smallest absolute Gasteiger partial charge is 0.0629 e. The van der Waals surface area contributed by atoms with E-state index in [0.29, 0.717) is 0 Å². The summed E-state index contributed by atoms with van der Waals surface area (Å²) < 4.78 is 0. The maximum Gasteiger partial charge on any atom is 0.0629 e. The van der Waals surface area contributed by atoms with Gasteiger partial charge in [0.05, 0.1) is 5.69 Å². The highest BCUT2D eigenvalue weighted by atomic mass is 14.6. The number of nitrogens with zero attached hydrogens (tertiary/aromatic N) is 1. The molecule has 0 N–H and O–H groups in total. The van der Waals surface area contributed by atoms with E-state index in [1.54, 1.807) is 0 Å². The molecule has 12 heavy (non-hydrogen) atoms. The molecular weight excluding hydrogens is 146 g/mol. The summed E-state index contributed by atoms with van der Waals surface area (Å²) in [4.78, 5) is 4.24. The lowest BCUT2D eigenvalue weighted by Gasteiger charge is -1.98. The zero-order valence-corrected chi connectivity index (χ0v) is 7.75. The Bertz CT molecular complexity index is 243. The van der Waals surface area contributed by atoms with Crippen molar-refractivity contribution in [3.05, 3.63) is 35.7 Å². The molecule has 1 nitrogen and oxygen atoms in total. The van der Waals surface area contributed by atoms with Crippen molar-refractivity contribution in [1.29, 1.82) is 0 Å². The number of allylic oxidation sites excluding steroid dienone is 1. The fourth-order valence-electron chi connectivity index (χ4n) is 1.12. The van der Waals surface area contributed by atoms with Crippen molar-refractivity contribution in [2.45, 2.75) is 26.7 Å². The van der Waals surface area contributed by atoms with Crippen molar-refractivity contribution in [2.24, 2.45) is 0 Å². The predicted octanol–water partition coefficient (Wildman–Crippen LogP) is 3.29. The Morgan fingerprint density at radius 3 is 2.58 bits per heavy atom. The van der Waals surface area contributed by atoms with Gasteiger partial charge >= 0.3 is 0 Å². The Morgan fingerprint density at radius 1 is 1.33 bits per heavy atom. The Labute approximate surface area is 74.2 Å². The van der Waals surface area contributed by atoms with Gasteiger partial charge in [0, 0.05) is 6.20 Å². The molecule has 0 aliphatic rings. The molecule has 0 unspecified atom stereocenters. The highest BCUT2D eigenvalue weighted by Crippen LogP contribution is 2.10. The lowest BCUT2D eigenvalue weighted by atomic mass is 10.1. The normalized spacial score (nSPS) is 9.50. The molecule has 0 saturated heterocycles. The zero-order chi connectivity index (χ0) is 8.81. The van der Waals surface area contributed by atoms with Gasteiger partial charge in [0.2, 0.25) is 0 Å². The lowest BCUT2D eigenvalue weighted by molar-refractivity contribution is 0.988. The van der Waals surface area contributed by atoms with Crippen LogP contribution in [0.15, 0.2) is 30.0 Å². The van der Waals surface area contributed by atoms with E-state index in [9.17, 15) is 0 Å². The van der Waals surface area contributed by atoms with Crippen LogP contribution in [-0.2, 0) is 0 Å². The molecule has 0 atom stereocenters. The van der Waals surface area contributed by atoms with Crippen LogP contribution in [0.25, 0.3) is 6.08 Å². The summed E-state index contributed by atoms with van der Waals surface area (Å²) in [6, 6.07) is 5.99. The molecule has 0 aromatic carbocycles. The average Bonchev–Trinajstić information content (AvgIpc) is 2.16. The van der Waals surface area contributed by atoms with Crippen molar-refractivity contribution in [3.8, 4) is 0 Å². The molecule has 0 amide bonds. The van der Waals surface area contributed by atoms with Crippen molar-refractivity contribution in [1.82, 2.24) is 4.98 Å². The van der Waals surface area contributed by atoms with Crippen LogP contribution in [0.5, 0.6) is 0 Å². The van der Waals surface area contributed by atoms with Gasteiger partial charge in [-0.2, -0.15) is 0 Å². The van der Waals surface area contributed by atoms with Gasteiger partial charge in [-0.05, 0) is 31.1 Å². The Balaban J connectivity index is 2.79. The van der Waals surface area contributed by atoms with E-state index in [4.69, 9.17) is 0 Å². The molecule has 1 rings (SSSR count). The topological polar surface area (TPSA) is 12.9 Å². The highest BCUT2D eigenvalue weighted by molar-refractivity contribution is 5.48. The van der Waals surface area contributed by atoms with Crippen molar-refractivity contribution >= 4 is 6.08 Å². The van der Waals surface area contributed by atoms with Gasteiger partial charge in [-0.3, -0.25) is 4.98 Å². The number of pyridine rings is 1. The minimum atomic E-state index is 1.07. The quantitative estimate of drug-likeness (QED) is 0.663. The van der Waals surface area contributed by atoms with Crippen LogP contribution in [0.4, 0.5) is 0 Å². The number of aromatic nitrogens is 1.